The number of hydrogen-bond acceptors (Lipinski definition) is 12. The van der Waals surface area contributed by atoms with Gasteiger partial charge in [-0.2, -0.15) is 11.8 Å². The van der Waals surface area contributed by atoms with Gasteiger partial charge in [-0.3, -0.25) is 19.2 Å². The predicted octanol–water partition coefficient (Wildman–Crippen LogP) is -2.46. The fraction of sp³-hybridized carbons (Fsp3) is 0.714. The molecule has 0 radical (unpaired) electrons. The zero-order chi connectivity index (χ0) is 36.1. The molecule has 0 heterocycles. The van der Waals surface area contributed by atoms with Gasteiger partial charge in [0.25, 0.3) is 0 Å². The van der Waals surface area contributed by atoms with Gasteiger partial charge in [-0.05, 0) is 0 Å². The molecule has 0 aliphatic heterocycles. The molecule has 262 valence electrons. The van der Waals surface area contributed by atoms with Crippen molar-refractivity contribution in [2.24, 2.45) is 0 Å². The van der Waals surface area contributed by atoms with Gasteiger partial charge in [0, 0.05) is 30.8 Å². The minimum atomic E-state index is -1.44. The number of amides is 6. The SMILES string of the molecule is CCC(=O)NC(CSCC(COC(=O)CC)OC(=O)CC)C(=O)NC(CO)C(=O)NCNC(=O)C(C)NC(=O)C(NC(C)=O)[CH](C)[Rb]. The number of carbonyl (C=O) groups excluding carboxylic acids is 8. The van der Waals surface area contributed by atoms with Crippen LogP contribution < -0.4 is 31.9 Å². The average molecular weight is 761 g/mol. The second-order valence-electron chi connectivity index (χ2n) is 10.7. The van der Waals surface area contributed by atoms with Crippen LogP contribution >= 0.6 is 11.8 Å². The van der Waals surface area contributed by atoms with Gasteiger partial charge in [0.1, 0.15) is 18.8 Å². The Morgan fingerprint density at radius 1 is 0.745 bits per heavy atom. The summed E-state index contributed by atoms with van der Waals surface area (Å²) in [4.78, 5) is 97.6. The summed E-state index contributed by atoms with van der Waals surface area (Å²) in [6, 6.07) is -4.34. The summed E-state index contributed by atoms with van der Waals surface area (Å²) < 4.78 is 10.3. The van der Waals surface area contributed by atoms with Gasteiger partial charge < -0.3 is 19.9 Å². The van der Waals surface area contributed by atoms with Crippen LogP contribution in [0.4, 0.5) is 0 Å². The fourth-order valence-corrected chi connectivity index (χ4v) is 5.74. The number of carbonyl (C=O) groups is 8. The Hall–Kier alpha value is -2.12. The van der Waals surface area contributed by atoms with Crippen molar-refractivity contribution in [3.05, 3.63) is 0 Å². The third-order valence-corrected chi connectivity index (χ3v) is 9.08. The van der Waals surface area contributed by atoms with E-state index in [1.807, 2.05) is 6.92 Å². The molecule has 17 nitrogen and oxygen atoms in total. The summed E-state index contributed by atoms with van der Waals surface area (Å²) in [5.41, 5.74) is 0. The first-order valence-corrected chi connectivity index (χ1v) is 19.3. The molecule has 6 unspecified atom stereocenters. The Kier molecular flexibility index (Phi) is 23.8. The maximum absolute atomic E-state index is 13.0. The van der Waals surface area contributed by atoms with Crippen LogP contribution in [0.1, 0.15) is 60.8 Å². The number of nitrogens with one attached hydrogen (secondary N) is 6. The molecule has 0 bridgehead atoms. The van der Waals surface area contributed by atoms with Gasteiger partial charge in [0.2, 0.25) is 11.8 Å². The third-order valence-electron chi connectivity index (χ3n) is 6.27. The van der Waals surface area contributed by atoms with Gasteiger partial charge in [-0.1, -0.05) is 20.8 Å². The third kappa shape index (κ3) is 19.5. The molecule has 0 aromatic heterocycles. The molecular weight excluding hydrogens is 714 g/mol. The summed E-state index contributed by atoms with van der Waals surface area (Å²) in [6.07, 6.45) is -0.496. The van der Waals surface area contributed by atoms with E-state index in [0.717, 1.165) is 11.8 Å². The Morgan fingerprint density at radius 3 is 1.89 bits per heavy atom. The van der Waals surface area contributed by atoms with Crippen molar-refractivity contribution in [3.63, 3.8) is 0 Å². The molecule has 0 fully saturated rings. The molecule has 0 spiro atoms. The van der Waals surface area contributed by atoms with Crippen LogP contribution in [0.3, 0.4) is 0 Å². The van der Waals surface area contributed by atoms with Crippen LogP contribution in [-0.4, -0.2) is 170 Å². The van der Waals surface area contributed by atoms with Crippen LogP contribution in [0, 0.1) is 0 Å². The van der Waals surface area contributed by atoms with Crippen LogP contribution in [0.15, 0.2) is 0 Å². The van der Waals surface area contributed by atoms with Gasteiger partial charge in [-0.15, -0.1) is 0 Å². The number of esters is 2. The Balaban J connectivity index is 5.17. The quantitative estimate of drug-likeness (QED) is 0.0449. The van der Waals surface area contributed by atoms with Crippen molar-refractivity contribution in [3.8, 4) is 0 Å². The van der Waals surface area contributed by atoms with Crippen molar-refractivity contribution < 1.29 is 52.9 Å². The first-order chi connectivity index (χ1) is 22.1. The molecule has 47 heavy (non-hydrogen) atoms. The molecule has 0 aliphatic rings. The molecule has 0 aromatic carbocycles. The average Bonchev–Trinajstić information content (AvgIpc) is 3.02. The summed E-state index contributed by atoms with van der Waals surface area (Å²) in [5, 5.41) is 24.5. The zero-order valence-corrected chi connectivity index (χ0v) is 33.8. The van der Waals surface area contributed by atoms with E-state index in [0.29, 0.717) is 0 Å². The molecule has 0 rings (SSSR count). The zero-order valence-electron chi connectivity index (χ0n) is 28.1. The van der Waals surface area contributed by atoms with Crippen molar-refractivity contribution in [2.45, 2.75) is 90.1 Å². The van der Waals surface area contributed by atoms with Crippen molar-refractivity contribution >= 4 is 115 Å². The van der Waals surface area contributed by atoms with E-state index >= 15 is 0 Å². The number of rotatable bonds is 22. The fourth-order valence-electron chi connectivity index (χ4n) is 3.55. The molecule has 0 aliphatic carbocycles. The van der Waals surface area contributed by atoms with E-state index in [1.54, 1.807) is 20.8 Å². The van der Waals surface area contributed by atoms with Crippen LogP contribution in [0.5, 0.6) is 0 Å². The standard InChI is InChI=1S/C28H47N6O11S.Rb/c1-7-19(32-17(6)36)27(42)31-16(5)25(40)29-15-30-26(41)20(11-35)34-28(43)21(33-22(37)8-2)14-46-13-18(45-24(39)10-4)12-44-23(38)9-3;/h7,16,18-21,35H,8-15H2,1-6H3,(H,29,40)(H,30,41)(H,31,42)(H,32,36)(H,33,37)(H,34,43);. The van der Waals surface area contributed by atoms with Gasteiger partial charge in [-0.25, -0.2) is 0 Å². The molecule has 0 aromatic rings. The van der Waals surface area contributed by atoms with E-state index in [9.17, 15) is 43.5 Å². The van der Waals surface area contributed by atoms with Crippen LogP contribution in [0.25, 0.3) is 0 Å². The molecule has 6 atom stereocenters. The van der Waals surface area contributed by atoms with E-state index in [2.05, 4.69) is 31.9 Å². The normalized spacial score (nSPS) is 14.5. The molecule has 0 saturated carbocycles. The second kappa shape index (κ2) is 24.9. The number of ether oxygens (including phenoxy) is 2. The second-order valence-corrected chi connectivity index (χ2v) is 16.2. The predicted molar refractivity (Wildman–Crippen MR) is 172 cm³/mol. The number of aliphatic hydroxyl groups excluding tert-OH is 1. The number of hydrogen-bond donors (Lipinski definition) is 7. The van der Waals surface area contributed by atoms with Crippen molar-refractivity contribution in [1.29, 1.82) is 0 Å². The van der Waals surface area contributed by atoms with Gasteiger partial charge in [0.05, 0.1) is 0 Å². The summed E-state index contributed by atoms with van der Waals surface area (Å²) >= 11 is 1.18. The van der Waals surface area contributed by atoms with Crippen LogP contribution in [-0.2, 0) is 47.8 Å². The molecular formula is C28H47N6O11RbS. The van der Waals surface area contributed by atoms with Gasteiger partial charge >= 0.3 is 188 Å². The van der Waals surface area contributed by atoms with Crippen molar-refractivity contribution in [1.82, 2.24) is 31.9 Å². The Bertz CT molecular complexity index is 1100. The minimum absolute atomic E-state index is 0.0121. The van der Waals surface area contributed by atoms with Crippen LogP contribution in [0.2, 0.25) is -1.01 Å². The first kappa shape index (κ1) is 44.9. The molecule has 6 amide bonds. The molecule has 19 heteroatoms. The summed E-state index contributed by atoms with van der Waals surface area (Å²) in [7, 11) is 0. The Morgan fingerprint density at radius 2 is 1.36 bits per heavy atom. The van der Waals surface area contributed by atoms with E-state index in [-0.39, 0.29) is 97.8 Å². The number of thioether (sulfide) groups is 1. The Labute approximate surface area is 318 Å². The first-order valence-electron chi connectivity index (χ1n) is 15.4. The molecule has 7 N–H and O–H groups in total. The summed E-state index contributed by atoms with van der Waals surface area (Å²) in [6.45, 7) is 7.96. The molecule has 0 saturated heterocycles. The van der Waals surface area contributed by atoms with E-state index in [4.69, 9.17) is 9.47 Å². The van der Waals surface area contributed by atoms with Crippen molar-refractivity contribution in [2.75, 3.05) is 31.4 Å². The van der Waals surface area contributed by atoms with E-state index < -0.39 is 85.0 Å². The topological polar surface area (TPSA) is 247 Å². The van der Waals surface area contributed by atoms with E-state index in [1.165, 1.54) is 13.8 Å². The number of aliphatic hydroxyl groups is 1. The summed E-state index contributed by atoms with van der Waals surface area (Å²) in [5.74, 6) is -4.46. The maximum atomic E-state index is 13.0. The van der Waals surface area contributed by atoms with Gasteiger partial charge in [0.15, 0.2) is 0 Å². The monoisotopic (exact) mass is 760 g/mol.